The van der Waals surface area contributed by atoms with Crippen molar-refractivity contribution in [2.75, 3.05) is 0 Å². The van der Waals surface area contributed by atoms with Crippen molar-refractivity contribution in [1.82, 2.24) is 5.32 Å². The van der Waals surface area contributed by atoms with Gasteiger partial charge in [0.2, 0.25) is 0 Å². The van der Waals surface area contributed by atoms with Crippen molar-refractivity contribution in [2.45, 2.75) is 32.2 Å². The van der Waals surface area contributed by atoms with Gasteiger partial charge in [0.25, 0.3) is 5.91 Å². The highest BCUT2D eigenvalue weighted by Gasteiger charge is 2.51. The van der Waals surface area contributed by atoms with Gasteiger partial charge in [-0.3, -0.25) is 9.59 Å². The number of carbonyl (C=O) groups is 2. The first-order valence-corrected chi connectivity index (χ1v) is 7.30. The third-order valence-corrected chi connectivity index (χ3v) is 4.95. The van der Waals surface area contributed by atoms with Crippen molar-refractivity contribution >= 4 is 11.9 Å². The van der Waals surface area contributed by atoms with E-state index in [1.165, 1.54) is 12.1 Å². The minimum atomic E-state index is -0.810. The molecule has 3 rings (SSSR count). The normalized spacial score (nSPS) is 30.3. The second-order valence-electron chi connectivity index (χ2n) is 6.20. The van der Waals surface area contributed by atoms with E-state index in [1.54, 1.807) is 13.0 Å². The molecule has 0 spiro atoms. The minimum Gasteiger partial charge on any atom is -0.508 e. The Bertz CT molecular complexity index is 598. The summed E-state index contributed by atoms with van der Waals surface area (Å²) in [6.07, 6.45) is 2.84. The van der Waals surface area contributed by atoms with Crippen LogP contribution in [0.15, 0.2) is 18.2 Å². The molecule has 0 aliphatic heterocycles. The molecule has 4 atom stereocenters. The smallest absolute Gasteiger partial charge is 0.308 e. The molecule has 5 heteroatoms. The molecule has 0 heterocycles. The van der Waals surface area contributed by atoms with E-state index >= 15 is 0 Å². The van der Waals surface area contributed by atoms with Crippen molar-refractivity contribution in [2.24, 2.45) is 17.8 Å². The van der Waals surface area contributed by atoms with Crippen LogP contribution in [0.1, 0.15) is 35.2 Å². The van der Waals surface area contributed by atoms with Gasteiger partial charge in [-0.05, 0) is 61.8 Å². The maximum atomic E-state index is 12.4. The number of fused-ring (bicyclic) bond motifs is 2. The SMILES string of the molecule is Cc1cc(O)ccc1C(=O)NC1C2CCC(C2)C1C(=O)O. The summed E-state index contributed by atoms with van der Waals surface area (Å²) in [5, 5.41) is 21.7. The van der Waals surface area contributed by atoms with Gasteiger partial charge in [0.15, 0.2) is 0 Å². The van der Waals surface area contributed by atoms with Crippen LogP contribution in [0.25, 0.3) is 0 Å². The predicted octanol–water partition coefficient (Wildman–Crippen LogP) is 1.93. The Kier molecular flexibility index (Phi) is 3.35. The molecule has 2 fully saturated rings. The fourth-order valence-electron chi connectivity index (χ4n) is 3.99. The lowest BCUT2D eigenvalue weighted by molar-refractivity contribution is -0.144. The molecule has 2 bridgehead atoms. The second kappa shape index (κ2) is 5.06. The maximum Gasteiger partial charge on any atom is 0.308 e. The molecule has 0 aromatic heterocycles. The molecule has 1 aromatic rings. The zero-order valence-electron chi connectivity index (χ0n) is 11.9. The molecule has 5 nitrogen and oxygen atoms in total. The Morgan fingerprint density at radius 1 is 1.24 bits per heavy atom. The summed E-state index contributed by atoms with van der Waals surface area (Å²) in [5.74, 6) is -0.945. The van der Waals surface area contributed by atoms with Crippen LogP contribution in [0.3, 0.4) is 0 Å². The number of aliphatic carboxylic acids is 1. The summed E-state index contributed by atoms with van der Waals surface area (Å²) in [6.45, 7) is 1.75. The van der Waals surface area contributed by atoms with E-state index in [0.29, 0.717) is 11.1 Å². The van der Waals surface area contributed by atoms with E-state index in [-0.39, 0.29) is 29.5 Å². The number of aryl methyl sites for hydroxylation is 1. The first-order chi connectivity index (χ1) is 9.97. The Labute approximate surface area is 123 Å². The summed E-state index contributed by atoms with van der Waals surface area (Å²) in [7, 11) is 0. The van der Waals surface area contributed by atoms with Crippen LogP contribution in [0.2, 0.25) is 0 Å². The summed E-state index contributed by atoms with van der Waals surface area (Å²) in [4.78, 5) is 23.8. The molecule has 1 amide bonds. The lowest BCUT2D eigenvalue weighted by Crippen LogP contribution is -2.46. The van der Waals surface area contributed by atoms with Crippen LogP contribution in [-0.2, 0) is 4.79 Å². The number of carboxylic acid groups (broad SMARTS) is 1. The number of phenolic OH excluding ortho intramolecular Hbond substituents is 1. The van der Waals surface area contributed by atoms with E-state index in [4.69, 9.17) is 0 Å². The van der Waals surface area contributed by atoms with Gasteiger partial charge in [-0.25, -0.2) is 0 Å². The number of carboxylic acids is 1. The molecule has 0 radical (unpaired) electrons. The van der Waals surface area contributed by atoms with E-state index in [1.807, 2.05) is 0 Å². The number of nitrogens with one attached hydrogen (secondary N) is 1. The third-order valence-electron chi connectivity index (χ3n) is 4.95. The van der Waals surface area contributed by atoms with E-state index < -0.39 is 11.9 Å². The van der Waals surface area contributed by atoms with E-state index in [9.17, 15) is 19.8 Å². The van der Waals surface area contributed by atoms with E-state index in [2.05, 4.69) is 5.32 Å². The van der Waals surface area contributed by atoms with Gasteiger partial charge in [0.05, 0.1) is 5.92 Å². The monoisotopic (exact) mass is 289 g/mol. The van der Waals surface area contributed by atoms with Gasteiger partial charge in [-0.1, -0.05) is 0 Å². The molecular formula is C16H19NO4. The molecule has 112 valence electrons. The third kappa shape index (κ3) is 2.37. The van der Waals surface area contributed by atoms with Gasteiger partial charge in [0, 0.05) is 11.6 Å². The first-order valence-electron chi connectivity index (χ1n) is 7.30. The van der Waals surface area contributed by atoms with Crippen LogP contribution in [0, 0.1) is 24.7 Å². The molecule has 2 aliphatic rings. The lowest BCUT2D eigenvalue weighted by Gasteiger charge is -2.29. The highest BCUT2D eigenvalue weighted by molar-refractivity contribution is 5.96. The van der Waals surface area contributed by atoms with Crippen molar-refractivity contribution in [1.29, 1.82) is 0 Å². The minimum absolute atomic E-state index is 0.118. The second-order valence-corrected chi connectivity index (χ2v) is 6.20. The largest absolute Gasteiger partial charge is 0.508 e. The summed E-state index contributed by atoms with van der Waals surface area (Å²) < 4.78 is 0. The molecule has 3 N–H and O–H groups in total. The van der Waals surface area contributed by atoms with Crippen LogP contribution in [-0.4, -0.2) is 28.1 Å². The van der Waals surface area contributed by atoms with Crippen LogP contribution < -0.4 is 5.32 Å². The fraction of sp³-hybridized carbons (Fsp3) is 0.500. The molecule has 2 saturated carbocycles. The van der Waals surface area contributed by atoms with Gasteiger partial charge in [-0.2, -0.15) is 0 Å². The molecule has 2 aliphatic carbocycles. The zero-order valence-corrected chi connectivity index (χ0v) is 11.9. The Balaban J connectivity index is 1.79. The standard InChI is InChI=1S/C16H19NO4/c1-8-6-11(18)4-5-12(8)15(19)17-14-10-3-2-9(7-10)13(14)16(20)21/h4-6,9-10,13-14,18H,2-3,7H2,1H3,(H,17,19)(H,20,21). The zero-order chi connectivity index (χ0) is 15.1. The number of phenols is 1. The van der Waals surface area contributed by atoms with E-state index in [0.717, 1.165) is 19.3 Å². The lowest BCUT2D eigenvalue weighted by atomic mass is 9.84. The number of amides is 1. The fourth-order valence-corrected chi connectivity index (χ4v) is 3.99. The number of rotatable bonds is 3. The summed E-state index contributed by atoms with van der Waals surface area (Å²) in [5.41, 5.74) is 1.17. The molecule has 0 saturated heterocycles. The first kappa shape index (κ1) is 13.9. The molecule has 1 aromatic carbocycles. The number of benzene rings is 1. The number of hydrogen-bond donors (Lipinski definition) is 3. The van der Waals surface area contributed by atoms with Crippen LogP contribution in [0.5, 0.6) is 5.75 Å². The Hall–Kier alpha value is -2.04. The van der Waals surface area contributed by atoms with Gasteiger partial charge in [-0.15, -0.1) is 0 Å². The van der Waals surface area contributed by atoms with Crippen LogP contribution in [0.4, 0.5) is 0 Å². The maximum absolute atomic E-state index is 12.4. The highest BCUT2D eigenvalue weighted by atomic mass is 16.4. The predicted molar refractivity (Wildman–Crippen MR) is 76.1 cm³/mol. The number of hydrogen-bond acceptors (Lipinski definition) is 3. The van der Waals surface area contributed by atoms with Crippen molar-refractivity contribution < 1.29 is 19.8 Å². The average molecular weight is 289 g/mol. The van der Waals surface area contributed by atoms with Gasteiger partial charge < -0.3 is 15.5 Å². The Morgan fingerprint density at radius 2 is 1.95 bits per heavy atom. The Morgan fingerprint density at radius 3 is 2.62 bits per heavy atom. The average Bonchev–Trinajstić information content (AvgIpc) is 2.98. The van der Waals surface area contributed by atoms with Crippen molar-refractivity contribution in [3.63, 3.8) is 0 Å². The highest BCUT2D eigenvalue weighted by Crippen LogP contribution is 2.48. The van der Waals surface area contributed by atoms with Crippen molar-refractivity contribution in [3.8, 4) is 5.75 Å². The molecule has 4 unspecified atom stereocenters. The van der Waals surface area contributed by atoms with Crippen molar-refractivity contribution in [3.05, 3.63) is 29.3 Å². The summed E-state index contributed by atoms with van der Waals surface area (Å²) in [6, 6.07) is 4.30. The topological polar surface area (TPSA) is 86.6 Å². The molecular weight excluding hydrogens is 270 g/mol. The number of carbonyl (C=O) groups excluding carboxylic acids is 1. The van der Waals surface area contributed by atoms with Gasteiger partial charge >= 0.3 is 5.97 Å². The van der Waals surface area contributed by atoms with Crippen LogP contribution >= 0.6 is 0 Å². The number of aromatic hydroxyl groups is 1. The summed E-state index contributed by atoms with van der Waals surface area (Å²) >= 11 is 0. The van der Waals surface area contributed by atoms with Gasteiger partial charge in [0.1, 0.15) is 5.75 Å². The molecule has 21 heavy (non-hydrogen) atoms. The quantitative estimate of drug-likeness (QED) is 0.793.